The van der Waals surface area contributed by atoms with Gasteiger partial charge in [-0.2, -0.15) is 0 Å². The third-order valence-corrected chi connectivity index (χ3v) is 12.6. The molecule has 3 heteroatoms. The number of hydrogen-bond donors (Lipinski definition) is 1. The minimum atomic E-state index is 1.15. The number of para-hydroxylation sites is 2. The Kier molecular flexibility index (Phi) is 6.72. The van der Waals surface area contributed by atoms with Crippen LogP contribution in [0.3, 0.4) is 0 Å². The van der Waals surface area contributed by atoms with Gasteiger partial charge in [0.15, 0.2) is 0 Å². The van der Waals surface area contributed by atoms with Gasteiger partial charge in [0.1, 0.15) is 0 Å². The Morgan fingerprint density at radius 3 is 1.12 bits per heavy atom. The summed E-state index contributed by atoms with van der Waals surface area (Å²) in [6, 6.07) is 75.5. The summed E-state index contributed by atoms with van der Waals surface area (Å²) in [5.74, 6) is 0. The van der Waals surface area contributed by atoms with Gasteiger partial charge in [-0.3, -0.25) is 0 Å². The zero-order valence-corrected chi connectivity index (χ0v) is 32.0. The van der Waals surface area contributed by atoms with E-state index in [4.69, 9.17) is 0 Å². The molecule has 0 saturated carbocycles. The summed E-state index contributed by atoms with van der Waals surface area (Å²) >= 11 is 0. The van der Waals surface area contributed by atoms with Gasteiger partial charge in [0.25, 0.3) is 0 Å². The predicted octanol–water partition coefficient (Wildman–Crippen LogP) is 15.2. The normalized spacial score (nSPS) is 12.1. The van der Waals surface area contributed by atoms with Crippen LogP contribution in [0.1, 0.15) is 0 Å². The van der Waals surface area contributed by atoms with Crippen molar-refractivity contribution in [3.8, 4) is 33.6 Å². The van der Waals surface area contributed by atoms with E-state index in [0.29, 0.717) is 0 Å². The Morgan fingerprint density at radius 2 is 0.661 bits per heavy atom. The van der Waals surface area contributed by atoms with Crippen molar-refractivity contribution in [3.63, 3.8) is 0 Å². The monoisotopic (exact) mass is 749 g/mol. The molecule has 0 aliphatic heterocycles. The van der Waals surface area contributed by atoms with Gasteiger partial charge in [-0.05, 0) is 104 Å². The number of aromatic amines is 1. The summed E-state index contributed by atoms with van der Waals surface area (Å²) < 4.78 is 4.84. The molecule has 59 heavy (non-hydrogen) atoms. The summed E-state index contributed by atoms with van der Waals surface area (Å²) in [6.45, 7) is 0. The second-order valence-electron chi connectivity index (χ2n) is 15.8. The van der Waals surface area contributed by atoms with Crippen LogP contribution >= 0.6 is 0 Å². The van der Waals surface area contributed by atoms with Crippen LogP contribution in [0, 0.1) is 0 Å². The van der Waals surface area contributed by atoms with Gasteiger partial charge in [-0.25, -0.2) is 0 Å². The van der Waals surface area contributed by atoms with Crippen molar-refractivity contribution in [2.45, 2.75) is 0 Å². The number of nitrogens with one attached hydrogen (secondary N) is 1. The second kappa shape index (κ2) is 12.3. The average Bonchev–Trinajstić information content (AvgIpc) is 3.96. The summed E-state index contributed by atoms with van der Waals surface area (Å²) in [7, 11) is 0. The molecule has 0 saturated heterocycles. The molecule has 13 rings (SSSR count). The average molecular weight is 750 g/mol. The van der Waals surface area contributed by atoms with Crippen molar-refractivity contribution in [3.05, 3.63) is 206 Å². The van der Waals surface area contributed by atoms with Gasteiger partial charge in [-0.1, -0.05) is 146 Å². The van der Waals surface area contributed by atoms with Crippen molar-refractivity contribution in [2.75, 3.05) is 0 Å². The molecule has 10 aromatic carbocycles. The molecule has 0 bridgehead atoms. The van der Waals surface area contributed by atoms with Gasteiger partial charge in [0.05, 0.1) is 33.1 Å². The van der Waals surface area contributed by atoms with Crippen LogP contribution in [-0.4, -0.2) is 14.1 Å². The molecule has 1 N–H and O–H groups in total. The minimum Gasteiger partial charge on any atom is -0.353 e. The van der Waals surface area contributed by atoms with Crippen LogP contribution in [0.4, 0.5) is 0 Å². The Bertz CT molecular complexity index is 3570. The molecule has 0 atom stereocenters. The summed E-state index contributed by atoms with van der Waals surface area (Å²) in [5.41, 5.74) is 14.3. The van der Waals surface area contributed by atoms with Crippen LogP contribution < -0.4 is 0 Å². The molecule has 0 radical (unpaired) electrons. The molecule has 3 heterocycles. The maximum Gasteiger partial charge on any atom is 0.0566 e. The first kappa shape index (κ1) is 32.2. The maximum atomic E-state index is 4.04. The molecule has 13 aromatic rings. The van der Waals surface area contributed by atoms with Crippen LogP contribution in [0.5, 0.6) is 0 Å². The highest BCUT2D eigenvalue weighted by Crippen LogP contribution is 2.43. The molecule has 0 fully saturated rings. The highest BCUT2D eigenvalue weighted by Gasteiger charge is 2.21. The van der Waals surface area contributed by atoms with Crippen molar-refractivity contribution < 1.29 is 0 Å². The maximum absolute atomic E-state index is 4.04. The number of benzene rings is 10. The molecule has 0 aliphatic carbocycles. The van der Waals surface area contributed by atoms with Gasteiger partial charge in [-0.15, -0.1) is 0 Å². The number of nitrogens with zero attached hydrogens (tertiary/aromatic N) is 2. The Hall–Kier alpha value is -7.88. The van der Waals surface area contributed by atoms with E-state index in [2.05, 4.69) is 220 Å². The second-order valence-corrected chi connectivity index (χ2v) is 15.8. The third kappa shape index (κ3) is 4.76. The van der Waals surface area contributed by atoms with Crippen LogP contribution in [0.15, 0.2) is 206 Å². The first-order valence-corrected chi connectivity index (χ1v) is 20.3. The van der Waals surface area contributed by atoms with E-state index < -0.39 is 0 Å². The lowest BCUT2D eigenvalue weighted by Gasteiger charge is -2.10. The Labute approximate surface area is 339 Å². The van der Waals surface area contributed by atoms with Gasteiger partial charge < -0.3 is 14.1 Å². The van der Waals surface area contributed by atoms with Crippen molar-refractivity contribution in [1.29, 1.82) is 0 Å². The quantitative estimate of drug-likeness (QED) is 0.185. The first-order chi connectivity index (χ1) is 29.2. The molecule has 274 valence electrons. The SMILES string of the molecule is c1ccc2cc(-c3ccc(-n4c5ccccc5c5c6[nH]c7c(ccc8c7c7ccccc7n8-c7ccc(-c8ccc9ccccc9c8)cc7)c6ccc54)cc3)ccc2c1. The first-order valence-electron chi connectivity index (χ1n) is 20.3. The number of hydrogen-bond acceptors (Lipinski definition) is 0. The fourth-order valence-corrected chi connectivity index (χ4v) is 9.85. The highest BCUT2D eigenvalue weighted by molar-refractivity contribution is 6.30. The van der Waals surface area contributed by atoms with E-state index in [1.165, 1.54) is 109 Å². The third-order valence-electron chi connectivity index (χ3n) is 12.6. The van der Waals surface area contributed by atoms with Crippen molar-refractivity contribution >= 4 is 87.0 Å². The molecular formula is C56H35N3. The Morgan fingerprint density at radius 1 is 0.271 bits per heavy atom. The largest absolute Gasteiger partial charge is 0.353 e. The van der Waals surface area contributed by atoms with E-state index in [9.17, 15) is 0 Å². The molecule has 0 aliphatic rings. The molecule has 3 nitrogen and oxygen atoms in total. The number of aromatic nitrogens is 3. The lowest BCUT2D eigenvalue weighted by atomic mass is 10.0. The van der Waals surface area contributed by atoms with E-state index >= 15 is 0 Å². The van der Waals surface area contributed by atoms with Crippen LogP contribution in [-0.2, 0) is 0 Å². The Balaban J connectivity index is 0.971. The number of fused-ring (bicyclic) bond motifs is 13. The van der Waals surface area contributed by atoms with E-state index in [-0.39, 0.29) is 0 Å². The van der Waals surface area contributed by atoms with Crippen LogP contribution in [0.2, 0.25) is 0 Å². The topological polar surface area (TPSA) is 25.6 Å². The highest BCUT2D eigenvalue weighted by atomic mass is 15.0. The molecule has 0 spiro atoms. The minimum absolute atomic E-state index is 1.15. The van der Waals surface area contributed by atoms with Crippen molar-refractivity contribution in [2.24, 2.45) is 0 Å². The fraction of sp³-hybridized carbons (Fsp3) is 0. The fourth-order valence-electron chi connectivity index (χ4n) is 9.85. The summed E-state index contributed by atoms with van der Waals surface area (Å²) in [6.07, 6.45) is 0. The predicted molar refractivity (Wildman–Crippen MR) is 250 cm³/mol. The lowest BCUT2D eigenvalue weighted by Crippen LogP contribution is -1.93. The smallest absolute Gasteiger partial charge is 0.0566 e. The van der Waals surface area contributed by atoms with Gasteiger partial charge >= 0.3 is 0 Å². The zero-order valence-electron chi connectivity index (χ0n) is 32.0. The molecule has 0 amide bonds. The van der Waals surface area contributed by atoms with Crippen molar-refractivity contribution in [1.82, 2.24) is 14.1 Å². The van der Waals surface area contributed by atoms with Crippen LogP contribution in [0.25, 0.3) is 121 Å². The molecule has 0 unspecified atom stereocenters. The van der Waals surface area contributed by atoms with Gasteiger partial charge in [0.2, 0.25) is 0 Å². The standard InChI is InChI=1S/C56H35N3/c1-3-11-39-33-41(19-17-35(39)9-1)37-21-25-43(26-22-37)58-49-15-7-5-13-47(49)53-51(58)31-29-45-46-30-32-52-54(56(46)57-55(45)53)48-14-6-8-16-50(48)59(52)44-27-23-38(24-28-44)42-20-18-36-10-2-4-12-40(36)34-42/h1-34,57H. The van der Waals surface area contributed by atoms with E-state index in [1.807, 2.05) is 0 Å². The van der Waals surface area contributed by atoms with Gasteiger partial charge in [0, 0.05) is 43.7 Å². The lowest BCUT2D eigenvalue weighted by molar-refractivity contribution is 1.18. The number of H-pyrrole nitrogens is 1. The van der Waals surface area contributed by atoms with E-state index in [1.54, 1.807) is 0 Å². The molecule has 3 aromatic heterocycles. The molecular weight excluding hydrogens is 715 g/mol. The zero-order chi connectivity index (χ0) is 38.6. The summed E-state index contributed by atoms with van der Waals surface area (Å²) in [5, 5.41) is 12.5. The van der Waals surface area contributed by atoms with E-state index in [0.717, 1.165) is 11.4 Å². The summed E-state index contributed by atoms with van der Waals surface area (Å²) in [4.78, 5) is 4.04. The number of rotatable bonds is 4.